The van der Waals surface area contributed by atoms with E-state index in [1.165, 1.54) is 24.8 Å². The van der Waals surface area contributed by atoms with Gasteiger partial charge in [-0.1, -0.05) is 49.6 Å². The molecule has 7 heteroatoms. The van der Waals surface area contributed by atoms with Crippen molar-refractivity contribution < 1.29 is 9.90 Å². The Labute approximate surface area is 221 Å². The lowest BCUT2D eigenvalue weighted by Crippen LogP contribution is -2.48. The van der Waals surface area contributed by atoms with Crippen LogP contribution in [-0.2, 0) is 4.79 Å². The first-order valence-corrected chi connectivity index (χ1v) is 14.4. The third-order valence-corrected chi connectivity index (χ3v) is 9.11. The second-order valence-electron chi connectivity index (χ2n) is 11.3. The Morgan fingerprint density at radius 1 is 1.05 bits per heavy atom. The monoisotopic (exact) mass is 505 g/mol. The maximum Gasteiger partial charge on any atom is 0.321 e. The standard InChI is InChI=1S/C30H43N5O2/c1-2-35(28-19-31-15-16-32-28)26-13-17-33(18-14-26)20-25-21-34(22-27(25)23-9-5-3-6-10-23)29(30(36)37)24-11-7-4-8-12-24/h3,5-6,9-10,15-16,19,24-27,29H,2,4,7-8,11-14,17-18,20-22H2,1H3,(H,36,37)/t25-,27+,29+/m0/s1. The van der Waals surface area contributed by atoms with Gasteiger partial charge in [0, 0.05) is 63.6 Å². The van der Waals surface area contributed by atoms with E-state index in [2.05, 4.69) is 61.9 Å². The van der Waals surface area contributed by atoms with Crippen LogP contribution in [0.25, 0.3) is 0 Å². The number of benzene rings is 1. The van der Waals surface area contributed by atoms with Crippen molar-refractivity contribution in [2.45, 2.75) is 69.9 Å². The minimum Gasteiger partial charge on any atom is -0.480 e. The fourth-order valence-electron chi connectivity index (χ4n) is 7.29. The summed E-state index contributed by atoms with van der Waals surface area (Å²) in [5.74, 6) is 1.48. The number of piperidine rings is 1. The Hall–Kier alpha value is -2.51. The number of hydrogen-bond donors (Lipinski definition) is 1. The molecule has 1 aliphatic carbocycles. The number of likely N-dealkylation sites (tertiary alicyclic amines) is 2. The number of carboxylic acids is 1. The van der Waals surface area contributed by atoms with E-state index >= 15 is 0 Å². The van der Waals surface area contributed by atoms with Gasteiger partial charge >= 0.3 is 5.97 Å². The van der Waals surface area contributed by atoms with Gasteiger partial charge in [-0.05, 0) is 50.0 Å². The summed E-state index contributed by atoms with van der Waals surface area (Å²) in [5.41, 5.74) is 1.36. The molecular weight excluding hydrogens is 462 g/mol. The maximum atomic E-state index is 12.5. The van der Waals surface area contributed by atoms with Crippen molar-refractivity contribution in [2.24, 2.45) is 11.8 Å². The lowest BCUT2D eigenvalue weighted by atomic mass is 9.83. The van der Waals surface area contributed by atoms with Crippen LogP contribution in [0.4, 0.5) is 5.82 Å². The highest BCUT2D eigenvalue weighted by molar-refractivity contribution is 5.74. The summed E-state index contributed by atoms with van der Waals surface area (Å²) in [6, 6.07) is 11.0. The summed E-state index contributed by atoms with van der Waals surface area (Å²) in [6.45, 7) is 8.06. The number of aromatic nitrogens is 2. The minimum atomic E-state index is -0.621. The van der Waals surface area contributed by atoms with Crippen LogP contribution in [-0.4, -0.2) is 82.2 Å². The third-order valence-electron chi connectivity index (χ3n) is 9.11. The second kappa shape index (κ2) is 12.4. The molecule has 1 aromatic heterocycles. The van der Waals surface area contributed by atoms with E-state index in [0.29, 0.717) is 23.8 Å². The van der Waals surface area contributed by atoms with Crippen molar-refractivity contribution in [3.05, 3.63) is 54.5 Å². The van der Waals surface area contributed by atoms with Gasteiger partial charge in [-0.15, -0.1) is 0 Å². The molecule has 2 aliphatic heterocycles. The van der Waals surface area contributed by atoms with Gasteiger partial charge in [-0.3, -0.25) is 14.7 Å². The van der Waals surface area contributed by atoms with Crippen molar-refractivity contribution in [2.75, 3.05) is 44.2 Å². The molecule has 0 bridgehead atoms. The van der Waals surface area contributed by atoms with Crippen LogP contribution in [0.15, 0.2) is 48.9 Å². The third kappa shape index (κ3) is 6.15. The second-order valence-corrected chi connectivity index (χ2v) is 11.3. The summed E-state index contributed by atoms with van der Waals surface area (Å²) in [5, 5.41) is 10.3. The number of rotatable bonds is 9. The number of aliphatic carboxylic acids is 1. The topological polar surface area (TPSA) is 72.8 Å². The number of hydrogen-bond acceptors (Lipinski definition) is 6. The number of carbonyl (C=O) groups is 1. The van der Waals surface area contributed by atoms with Gasteiger partial charge in [-0.25, -0.2) is 4.98 Å². The van der Waals surface area contributed by atoms with Gasteiger partial charge in [0.05, 0.1) is 6.20 Å². The molecule has 2 saturated heterocycles. The number of nitrogens with zero attached hydrogens (tertiary/aromatic N) is 5. The molecule has 3 fully saturated rings. The van der Waals surface area contributed by atoms with Crippen LogP contribution in [0, 0.1) is 11.8 Å². The SMILES string of the molecule is CCN(c1cnccn1)C1CCN(C[C@H]2CN([C@@H](C(=O)O)C3CCCCC3)C[C@@H]2c2ccccc2)CC1. The summed E-state index contributed by atoms with van der Waals surface area (Å²) in [6.07, 6.45) is 13.3. The van der Waals surface area contributed by atoms with Crippen LogP contribution in [0.5, 0.6) is 0 Å². The van der Waals surface area contributed by atoms with E-state index in [1.807, 2.05) is 6.20 Å². The van der Waals surface area contributed by atoms with Gasteiger partial charge in [0.15, 0.2) is 0 Å². The van der Waals surface area contributed by atoms with Crippen LogP contribution < -0.4 is 4.90 Å². The van der Waals surface area contributed by atoms with Crippen molar-refractivity contribution in [1.29, 1.82) is 0 Å². The van der Waals surface area contributed by atoms with Crippen molar-refractivity contribution in [1.82, 2.24) is 19.8 Å². The first-order valence-electron chi connectivity index (χ1n) is 14.4. The van der Waals surface area contributed by atoms with Gasteiger partial charge in [0.25, 0.3) is 0 Å². The highest BCUT2D eigenvalue weighted by atomic mass is 16.4. The molecular formula is C30H43N5O2. The van der Waals surface area contributed by atoms with E-state index in [-0.39, 0.29) is 6.04 Å². The van der Waals surface area contributed by atoms with Gasteiger partial charge < -0.3 is 14.9 Å². The molecule has 0 spiro atoms. The molecule has 1 aromatic carbocycles. The molecule has 0 radical (unpaired) electrons. The fourth-order valence-corrected chi connectivity index (χ4v) is 7.29. The molecule has 5 rings (SSSR count). The van der Waals surface area contributed by atoms with E-state index in [4.69, 9.17) is 0 Å². The largest absolute Gasteiger partial charge is 0.480 e. The first-order chi connectivity index (χ1) is 18.1. The Morgan fingerprint density at radius 3 is 2.46 bits per heavy atom. The maximum absolute atomic E-state index is 12.5. The fraction of sp³-hybridized carbons (Fsp3) is 0.633. The molecule has 1 N–H and O–H groups in total. The highest BCUT2D eigenvalue weighted by Crippen LogP contribution is 2.38. The zero-order valence-electron chi connectivity index (χ0n) is 22.3. The minimum absolute atomic E-state index is 0.290. The molecule has 7 nitrogen and oxygen atoms in total. The van der Waals surface area contributed by atoms with Crippen LogP contribution in [0.1, 0.15) is 63.4 Å². The summed E-state index contributed by atoms with van der Waals surface area (Å²) < 4.78 is 0. The summed E-state index contributed by atoms with van der Waals surface area (Å²) in [4.78, 5) is 28.7. The first kappa shape index (κ1) is 26.1. The predicted molar refractivity (Wildman–Crippen MR) is 147 cm³/mol. The zero-order chi connectivity index (χ0) is 25.6. The lowest BCUT2D eigenvalue weighted by Gasteiger charge is -2.40. The Bertz CT molecular complexity index is 976. The molecule has 0 amide bonds. The van der Waals surface area contributed by atoms with Gasteiger partial charge in [0.2, 0.25) is 0 Å². The van der Waals surface area contributed by atoms with Crippen molar-refractivity contribution in [3.8, 4) is 0 Å². The normalized spacial score (nSPS) is 25.2. The average Bonchev–Trinajstić information content (AvgIpc) is 3.34. The molecule has 2 aromatic rings. The van der Waals surface area contributed by atoms with E-state index in [9.17, 15) is 9.90 Å². The van der Waals surface area contributed by atoms with E-state index < -0.39 is 5.97 Å². The van der Waals surface area contributed by atoms with Crippen LogP contribution >= 0.6 is 0 Å². The quantitative estimate of drug-likeness (QED) is 0.537. The highest BCUT2D eigenvalue weighted by Gasteiger charge is 2.43. The van der Waals surface area contributed by atoms with Crippen LogP contribution in [0.2, 0.25) is 0 Å². The lowest BCUT2D eigenvalue weighted by molar-refractivity contribution is -0.145. The Morgan fingerprint density at radius 2 is 1.81 bits per heavy atom. The molecule has 3 heterocycles. The zero-order valence-corrected chi connectivity index (χ0v) is 22.3. The summed E-state index contributed by atoms with van der Waals surface area (Å²) >= 11 is 0. The molecule has 37 heavy (non-hydrogen) atoms. The molecule has 3 aliphatic rings. The van der Waals surface area contributed by atoms with E-state index in [1.54, 1.807) is 12.4 Å². The number of carboxylic acid groups (broad SMARTS) is 1. The molecule has 1 saturated carbocycles. The Kier molecular flexibility index (Phi) is 8.72. The van der Waals surface area contributed by atoms with E-state index in [0.717, 1.165) is 70.8 Å². The summed E-state index contributed by atoms with van der Waals surface area (Å²) in [7, 11) is 0. The van der Waals surface area contributed by atoms with Crippen molar-refractivity contribution >= 4 is 11.8 Å². The van der Waals surface area contributed by atoms with Gasteiger partial charge in [-0.2, -0.15) is 0 Å². The average molecular weight is 506 g/mol. The Balaban J connectivity index is 1.26. The molecule has 200 valence electrons. The number of anilines is 1. The molecule has 3 atom stereocenters. The smallest absolute Gasteiger partial charge is 0.321 e. The van der Waals surface area contributed by atoms with Crippen LogP contribution in [0.3, 0.4) is 0 Å². The predicted octanol–water partition coefficient (Wildman–Crippen LogP) is 4.52. The van der Waals surface area contributed by atoms with Gasteiger partial charge in [0.1, 0.15) is 11.9 Å². The van der Waals surface area contributed by atoms with Crippen molar-refractivity contribution in [3.63, 3.8) is 0 Å². The molecule has 0 unspecified atom stereocenters.